The van der Waals surface area contributed by atoms with Gasteiger partial charge in [0.15, 0.2) is 0 Å². The van der Waals surface area contributed by atoms with Crippen LogP contribution in [-0.4, -0.2) is 53.2 Å². The van der Waals surface area contributed by atoms with E-state index in [-0.39, 0.29) is 18.6 Å². The topological polar surface area (TPSA) is 165 Å². The SMILES string of the molecule is NC(=O)CCC(NC(=O)CNC(=O)C(N)CS)C(=O)O. The number of thiol groups is 1. The van der Waals surface area contributed by atoms with Crippen molar-refractivity contribution in [1.29, 1.82) is 0 Å². The van der Waals surface area contributed by atoms with Gasteiger partial charge in [-0.05, 0) is 6.42 Å². The van der Waals surface area contributed by atoms with Crippen LogP contribution in [0.15, 0.2) is 0 Å². The van der Waals surface area contributed by atoms with Crippen LogP contribution in [0.2, 0.25) is 0 Å². The summed E-state index contributed by atoms with van der Waals surface area (Å²) < 4.78 is 0. The Labute approximate surface area is 120 Å². The van der Waals surface area contributed by atoms with Gasteiger partial charge in [-0.3, -0.25) is 14.4 Å². The van der Waals surface area contributed by atoms with Gasteiger partial charge in [-0.25, -0.2) is 4.79 Å². The van der Waals surface area contributed by atoms with Crippen molar-refractivity contribution in [3.05, 3.63) is 0 Å². The van der Waals surface area contributed by atoms with Gasteiger partial charge in [-0.1, -0.05) is 0 Å². The molecule has 2 unspecified atom stereocenters. The van der Waals surface area contributed by atoms with Crippen LogP contribution >= 0.6 is 12.6 Å². The molecule has 10 heteroatoms. The van der Waals surface area contributed by atoms with Crippen LogP contribution in [0.25, 0.3) is 0 Å². The minimum absolute atomic E-state index is 0.115. The monoisotopic (exact) mass is 306 g/mol. The molecule has 0 saturated heterocycles. The molecule has 7 N–H and O–H groups in total. The number of hydrogen-bond donors (Lipinski definition) is 6. The van der Waals surface area contributed by atoms with E-state index in [1.807, 2.05) is 0 Å². The molecule has 0 aliphatic rings. The van der Waals surface area contributed by atoms with Crippen LogP contribution in [0, 0.1) is 0 Å². The lowest BCUT2D eigenvalue weighted by molar-refractivity contribution is -0.142. The number of aliphatic carboxylic acids is 1. The Morgan fingerprint density at radius 2 is 1.85 bits per heavy atom. The number of carbonyl (C=O) groups is 4. The largest absolute Gasteiger partial charge is 0.480 e. The Morgan fingerprint density at radius 3 is 2.30 bits per heavy atom. The third-order valence-electron chi connectivity index (χ3n) is 2.27. The van der Waals surface area contributed by atoms with Crippen molar-refractivity contribution >= 4 is 36.3 Å². The second kappa shape index (κ2) is 9.15. The van der Waals surface area contributed by atoms with Gasteiger partial charge in [-0.15, -0.1) is 0 Å². The fourth-order valence-corrected chi connectivity index (χ4v) is 1.34. The van der Waals surface area contributed by atoms with Gasteiger partial charge in [0, 0.05) is 12.2 Å². The Hall–Kier alpha value is -1.81. The maximum Gasteiger partial charge on any atom is 0.326 e. The van der Waals surface area contributed by atoms with Gasteiger partial charge in [-0.2, -0.15) is 12.6 Å². The summed E-state index contributed by atoms with van der Waals surface area (Å²) in [7, 11) is 0. The summed E-state index contributed by atoms with van der Waals surface area (Å²) in [4.78, 5) is 44.2. The molecule has 0 aliphatic heterocycles. The highest BCUT2D eigenvalue weighted by Gasteiger charge is 2.21. The summed E-state index contributed by atoms with van der Waals surface area (Å²) in [6, 6.07) is -2.10. The molecule has 0 radical (unpaired) electrons. The van der Waals surface area contributed by atoms with E-state index in [9.17, 15) is 19.2 Å². The zero-order chi connectivity index (χ0) is 15.7. The first-order valence-electron chi connectivity index (χ1n) is 5.72. The number of carboxylic acids is 1. The summed E-state index contributed by atoms with van der Waals surface area (Å²) in [5, 5.41) is 13.3. The lowest BCUT2D eigenvalue weighted by Gasteiger charge is -2.14. The fraction of sp³-hybridized carbons (Fsp3) is 0.600. The van der Waals surface area contributed by atoms with E-state index in [4.69, 9.17) is 16.6 Å². The van der Waals surface area contributed by atoms with E-state index in [0.29, 0.717) is 0 Å². The molecule has 114 valence electrons. The Kier molecular flexibility index (Phi) is 8.32. The van der Waals surface area contributed by atoms with Gasteiger partial charge in [0.1, 0.15) is 6.04 Å². The minimum atomic E-state index is -1.29. The Bertz CT molecular complexity index is 390. The molecule has 0 aromatic heterocycles. The van der Waals surface area contributed by atoms with Crippen LogP contribution in [0.4, 0.5) is 0 Å². The molecule has 9 nitrogen and oxygen atoms in total. The summed E-state index contributed by atoms with van der Waals surface area (Å²) in [5.41, 5.74) is 10.3. The highest BCUT2D eigenvalue weighted by atomic mass is 32.1. The standard InChI is InChI=1S/C10H18N4O5S/c11-5(4-20)9(17)13-3-8(16)14-6(10(18)19)1-2-7(12)15/h5-6,20H,1-4,11H2,(H2,12,15)(H,13,17)(H,14,16)(H,18,19). The molecular formula is C10H18N4O5S. The molecule has 0 aromatic rings. The number of rotatable bonds is 9. The van der Waals surface area contributed by atoms with Crippen LogP contribution in [0.5, 0.6) is 0 Å². The second-order valence-corrected chi connectivity index (χ2v) is 4.34. The third-order valence-corrected chi connectivity index (χ3v) is 2.66. The zero-order valence-electron chi connectivity index (χ0n) is 10.7. The fourth-order valence-electron chi connectivity index (χ4n) is 1.17. The third kappa shape index (κ3) is 7.59. The van der Waals surface area contributed by atoms with Crippen molar-refractivity contribution in [3.63, 3.8) is 0 Å². The summed E-state index contributed by atoms with van der Waals surface area (Å²) in [6.45, 7) is -0.416. The van der Waals surface area contributed by atoms with Gasteiger partial charge in [0.25, 0.3) is 0 Å². The van der Waals surface area contributed by atoms with Gasteiger partial charge >= 0.3 is 5.97 Å². The number of primary amides is 1. The lowest BCUT2D eigenvalue weighted by atomic mass is 10.1. The quantitative estimate of drug-likeness (QED) is 0.252. The zero-order valence-corrected chi connectivity index (χ0v) is 11.6. The molecule has 20 heavy (non-hydrogen) atoms. The van der Waals surface area contributed by atoms with E-state index in [2.05, 4.69) is 23.3 Å². The normalized spacial score (nSPS) is 13.1. The molecule has 2 atom stereocenters. The highest BCUT2D eigenvalue weighted by molar-refractivity contribution is 7.80. The average Bonchev–Trinajstić information content (AvgIpc) is 2.39. The Balaban J connectivity index is 4.23. The number of hydrogen-bond acceptors (Lipinski definition) is 6. The molecule has 0 spiro atoms. The first-order valence-corrected chi connectivity index (χ1v) is 6.35. The van der Waals surface area contributed by atoms with E-state index in [0.717, 1.165) is 0 Å². The summed E-state index contributed by atoms with van der Waals surface area (Å²) in [6.07, 6.45) is -0.297. The molecule has 0 saturated carbocycles. The smallest absolute Gasteiger partial charge is 0.326 e. The van der Waals surface area contributed by atoms with Crippen molar-refractivity contribution in [2.24, 2.45) is 11.5 Å². The first-order chi connectivity index (χ1) is 9.27. The van der Waals surface area contributed by atoms with E-state index < -0.39 is 42.3 Å². The van der Waals surface area contributed by atoms with E-state index in [1.54, 1.807) is 0 Å². The predicted octanol–water partition coefficient (Wildman–Crippen LogP) is -2.81. The van der Waals surface area contributed by atoms with Gasteiger partial charge in [0.05, 0.1) is 12.6 Å². The predicted molar refractivity (Wildman–Crippen MR) is 72.8 cm³/mol. The van der Waals surface area contributed by atoms with Crippen molar-refractivity contribution < 1.29 is 24.3 Å². The van der Waals surface area contributed by atoms with Crippen molar-refractivity contribution in [2.75, 3.05) is 12.3 Å². The van der Waals surface area contributed by atoms with Gasteiger partial charge in [0.2, 0.25) is 17.7 Å². The number of nitrogens with one attached hydrogen (secondary N) is 2. The van der Waals surface area contributed by atoms with Gasteiger partial charge < -0.3 is 27.2 Å². The highest BCUT2D eigenvalue weighted by Crippen LogP contribution is 1.97. The molecule has 0 fully saturated rings. The number of nitrogens with two attached hydrogens (primary N) is 2. The van der Waals surface area contributed by atoms with E-state index in [1.165, 1.54) is 0 Å². The van der Waals surface area contributed by atoms with Crippen LogP contribution in [-0.2, 0) is 19.2 Å². The van der Waals surface area contributed by atoms with Crippen molar-refractivity contribution in [2.45, 2.75) is 24.9 Å². The summed E-state index contributed by atoms with van der Waals surface area (Å²) in [5.74, 6) is -3.12. The molecular weight excluding hydrogens is 288 g/mol. The second-order valence-electron chi connectivity index (χ2n) is 3.97. The van der Waals surface area contributed by atoms with E-state index >= 15 is 0 Å². The van der Waals surface area contributed by atoms with Crippen molar-refractivity contribution in [1.82, 2.24) is 10.6 Å². The number of amides is 3. The maximum atomic E-state index is 11.5. The summed E-state index contributed by atoms with van der Waals surface area (Å²) >= 11 is 3.82. The first kappa shape index (κ1) is 18.2. The molecule has 3 amide bonds. The van der Waals surface area contributed by atoms with Crippen LogP contribution in [0.3, 0.4) is 0 Å². The van der Waals surface area contributed by atoms with Crippen LogP contribution < -0.4 is 22.1 Å². The lowest BCUT2D eigenvalue weighted by Crippen LogP contribution is -2.49. The molecule has 0 bridgehead atoms. The number of carboxylic acid groups (broad SMARTS) is 1. The molecule has 0 aromatic carbocycles. The Morgan fingerprint density at radius 1 is 1.25 bits per heavy atom. The maximum absolute atomic E-state index is 11.5. The van der Waals surface area contributed by atoms with Crippen molar-refractivity contribution in [3.8, 4) is 0 Å². The molecule has 0 aliphatic carbocycles. The number of carbonyl (C=O) groups excluding carboxylic acids is 3. The molecule has 0 heterocycles. The average molecular weight is 306 g/mol. The molecule has 0 rings (SSSR count). The van der Waals surface area contributed by atoms with Crippen LogP contribution in [0.1, 0.15) is 12.8 Å². The minimum Gasteiger partial charge on any atom is -0.480 e.